The van der Waals surface area contributed by atoms with Gasteiger partial charge in [-0.15, -0.1) is 0 Å². The number of nitrogens with one attached hydrogen (secondary N) is 1. The lowest BCUT2D eigenvalue weighted by atomic mass is 10.1. The molecule has 3 rings (SSSR count). The van der Waals surface area contributed by atoms with Crippen LogP contribution in [0.3, 0.4) is 0 Å². The molecule has 0 heterocycles. The molecule has 31 heavy (non-hydrogen) atoms. The molecule has 166 valence electrons. The number of hydrogen-bond donors (Lipinski definition) is 1. The van der Waals surface area contributed by atoms with Gasteiger partial charge >= 0.3 is 0 Å². The fourth-order valence-corrected chi connectivity index (χ4v) is 4.87. The Labute approximate surface area is 204 Å². The van der Waals surface area contributed by atoms with Crippen LogP contribution in [0.1, 0.15) is 38.2 Å². The van der Waals surface area contributed by atoms with E-state index in [2.05, 4.69) is 37.2 Å². The highest BCUT2D eigenvalue weighted by Crippen LogP contribution is 2.28. The average Bonchev–Trinajstić information content (AvgIpc) is 3.23. The molecule has 1 saturated carbocycles. The van der Waals surface area contributed by atoms with Crippen molar-refractivity contribution < 1.29 is 14.3 Å². The van der Waals surface area contributed by atoms with Gasteiger partial charge in [0.15, 0.2) is 6.61 Å². The average molecular weight is 573 g/mol. The molecule has 0 radical (unpaired) electrons. The Morgan fingerprint density at radius 1 is 1.19 bits per heavy atom. The van der Waals surface area contributed by atoms with E-state index in [4.69, 9.17) is 16.3 Å². The Bertz CT molecular complexity index is 935. The summed E-state index contributed by atoms with van der Waals surface area (Å²) in [4.78, 5) is 27.6. The van der Waals surface area contributed by atoms with Crippen molar-refractivity contribution in [2.75, 3.05) is 6.61 Å². The summed E-state index contributed by atoms with van der Waals surface area (Å²) in [6.07, 6.45) is 4.24. The number of nitrogens with zero attached hydrogens (tertiary/aromatic N) is 1. The van der Waals surface area contributed by atoms with E-state index < -0.39 is 6.04 Å². The molecule has 1 N–H and O–H groups in total. The summed E-state index contributed by atoms with van der Waals surface area (Å²) in [5.74, 6) is 0.113. The molecule has 0 saturated heterocycles. The van der Waals surface area contributed by atoms with E-state index in [1.54, 1.807) is 30.0 Å². The van der Waals surface area contributed by atoms with Crippen LogP contribution in [0.15, 0.2) is 51.4 Å². The highest BCUT2D eigenvalue weighted by molar-refractivity contribution is 9.10. The summed E-state index contributed by atoms with van der Waals surface area (Å²) in [7, 11) is 0. The smallest absolute Gasteiger partial charge is 0.261 e. The van der Waals surface area contributed by atoms with Crippen molar-refractivity contribution in [2.24, 2.45) is 0 Å². The van der Waals surface area contributed by atoms with Gasteiger partial charge in [0.2, 0.25) is 5.91 Å². The predicted molar refractivity (Wildman–Crippen MR) is 129 cm³/mol. The van der Waals surface area contributed by atoms with Gasteiger partial charge in [0, 0.05) is 22.1 Å². The fraction of sp³-hybridized carbons (Fsp3) is 0.391. The van der Waals surface area contributed by atoms with E-state index >= 15 is 0 Å². The molecule has 2 aromatic rings. The first-order valence-corrected chi connectivity index (χ1v) is 12.2. The van der Waals surface area contributed by atoms with E-state index in [-0.39, 0.29) is 24.5 Å². The molecule has 0 aromatic heterocycles. The molecule has 8 heteroatoms. The number of halogens is 3. The highest BCUT2D eigenvalue weighted by Gasteiger charge is 2.28. The molecule has 5 nitrogen and oxygen atoms in total. The van der Waals surface area contributed by atoms with E-state index in [1.807, 2.05) is 24.3 Å². The lowest BCUT2D eigenvalue weighted by Gasteiger charge is -2.29. The largest absolute Gasteiger partial charge is 0.483 e. The molecule has 0 aliphatic heterocycles. The molecule has 1 fully saturated rings. The standard InChI is InChI=1S/C23H25Br2ClN2O3/c1-15(23(30)27-19-7-2-3-8-19)28(13-16-5-4-6-17(24)11-16)22(29)14-31-21-10-9-18(26)12-20(21)25/h4-6,9-12,15,19H,2-3,7-8,13-14H2,1H3,(H,27,30)/t15-/m1/s1. The third-order valence-electron chi connectivity index (χ3n) is 5.36. The maximum Gasteiger partial charge on any atom is 0.261 e. The van der Waals surface area contributed by atoms with Crippen molar-refractivity contribution in [3.8, 4) is 5.75 Å². The first-order valence-electron chi connectivity index (χ1n) is 10.3. The van der Waals surface area contributed by atoms with Crippen molar-refractivity contribution >= 4 is 55.3 Å². The predicted octanol–water partition coefficient (Wildman–Crippen LogP) is 5.72. The lowest BCUT2D eigenvalue weighted by molar-refractivity contribution is -0.142. The second kappa shape index (κ2) is 11.3. The van der Waals surface area contributed by atoms with Crippen molar-refractivity contribution in [3.63, 3.8) is 0 Å². The van der Waals surface area contributed by atoms with Crippen LogP contribution in [0.25, 0.3) is 0 Å². The van der Waals surface area contributed by atoms with Gasteiger partial charge in [-0.2, -0.15) is 0 Å². The zero-order valence-corrected chi connectivity index (χ0v) is 21.2. The molecule has 0 spiro atoms. The highest BCUT2D eigenvalue weighted by atomic mass is 79.9. The maximum atomic E-state index is 13.1. The monoisotopic (exact) mass is 570 g/mol. The molecular formula is C23H25Br2ClN2O3. The van der Waals surface area contributed by atoms with E-state index in [0.717, 1.165) is 35.7 Å². The van der Waals surface area contributed by atoms with Gasteiger partial charge in [-0.3, -0.25) is 9.59 Å². The third kappa shape index (κ3) is 6.96. The number of carbonyl (C=O) groups excluding carboxylic acids is 2. The summed E-state index contributed by atoms with van der Waals surface area (Å²) >= 11 is 12.8. The summed E-state index contributed by atoms with van der Waals surface area (Å²) in [6.45, 7) is 1.89. The molecule has 2 amide bonds. The lowest BCUT2D eigenvalue weighted by Crippen LogP contribution is -2.50. The minimum Gasteiger partial charge on any atom is -0.483 e. The van der Waals surface area contributed by atoms with Gasteiger partial charge in [0.25, 0.3) is 5.91 Å². The molecule has 0 bridgehead atoms. The van der Waals surface area contributed by atoms with Crippen molar-refractivity contribution in [3.05, 3.63) is 62.0 Å². The van der Waals surface area contributed by atoms with Gasteiger partial charge in [0.1, 0.15) is 11.8 Å². The van der Waals surface area contributed by atoms with Crippen LogP contribution in [0.4, 0.5) is 0 Å². The van der Waals surface area contributed by atoms with Gasteiger partial charge < -0.3 is 15.0 Å². The Kier molecular flexibility index (Phi) is 8.81. The Morgan fingerprint density at radius 3 is 2.61 bits per heavy atom. The van der Waals surface area contributed by atoms with Gasteiger partial charge in [-0.1, -0.05) is 52.5 Å². The quantitative estimate of drug-likeness (QED) is 0.440. The number of carbonyl (C=O) groups is 2. The maximum absolute atomic E-state index is 13.1. The minimum atomic E-state index is -0.621. The summed E-state index contributed by atoms with van der Waals surface area (Å²) < 4.78 is 7.31. The van der Waals surface area contributed by atoms with Gasteiger partial charge in [-0.25, -0.2) is 0 Å². The molecule has 2 aromatic carbocycles. The van der Waals surface area contributed by atoms with Crippen molar-refractivity contribution in [1.82, 2.24) is 10.2 Å². The first-order chi connectivity index (χ1) is 14.8. The van der Waals surface area contributed by atoms with Crippen LogP contribution < -0.4 is 10.1 Å². The zero-order chi connectivity index (χ0) is 22.4. The Morgan fingerprint density at radius 2 is 1.94 bits per heavy atom. The Hall–Kier alpha value is -1.57. The van der Waals surface area contributed by atoms with Gasteiger partial charge in [-0.05, 0) is 71.6 Å². The number of ether oxygens (including phenoxy) is 1. The van der Waals surface area contributed by atoms with E-state index in [0.29, 0.717) is 21.8 Å². The van der Waals surface area contributed by atoms with Crippen molar-refractivity contribution in [2.45, 2.75) is 51.2 Å². The van der Waals surface area contributed by atoms with Crippen LogP contribution in [0.5, 0.6) is 5.75 Å². The van der Waals surface area contributed by atoms with Crippen molar-refractivity contribution in [1.29, 1.82) is 0 Å². The Balaban J connectivity index is 1.73. The van der Waals surface area contributed by atoms with Crippen LogP contribution in [-0.2, 0) is 16.1 Å². The first kappa shape index (κ1) is 24.1. The topological polar surface area (TPSA) is 58.6 Å². The van der Waals surface area contributed by atoms with Gasteiger partial charge in [0.05, 0.1) is 4.47 Å². The molecule has 1 aliphatic carbocycles. The normalized spacial score (nSPS) is 14.8. The number of hydrogen-bond acceptors (Lipinski definition) is 3. The van der Waals surface area contributed by atoms with E-state index in [1.165, 1.54) is 0 Å². The molecule has 0 unspecified atom stereocenters. The summed E-state index contributed by atoms with van der Waals surface area (Å²) in [5, 5.41) is 3.66. The number of benzene rings is 2. The number of amides is 2. The molecule has 1 aliphatic rings. The second-order valence-electron chi connectivity index (χ2n) is 7.68. The van der Waals surface area contributed by atoms with Crippen LogP contribution in [-0.4, -0.2) is 35.4 Å². The zero-order valence-electron chi connectivity index (χ0n) is 17.2. The molecular weight excluding hydrogens is 548 g/mol. The number of rotatable bonds is 8. The van der Waals surface area contributed by atoms with Crippen LogP contribution in [0, 0.1) is 0 Å². The SMILES string of the molecule is C[C@H](C(=O)NC1CCCC1)N(Cc1cccc(Br)c1)C(=O)COc1ccc(Cl)cc1Br. The second-order valence-corrected chi connectivity index (χ2v) is 9.89. The van der Waals surface area contributed by atoms with Crippen LogP contribution >= 0.6 is 43.5 Å². The van der Waals surface area contributed by atoms with E-state index in [9.17, 15) is 9.59 Å². The summed E-state index contributed by atoms with van der Waals surface area (Å²) in [6, 6.07) is 12.4. The minimum absolute atomic E-state index is 0.136. The molecule has 1 atom stereocenters. The van der Waals surface area contributed by atoms with Crippen LogP contribution in [0.2, 0.25) is 5.02 Å². The fourth-order valence-electron chi connectivity index (χ4n) is 3.62. The summed E-state index contributed by atoms with van der Waals surface area (Å²) in [5.41, 5.74) is 0.927. The third-order valence-corrected chi connectivity index (χ3v) is 6.70.